The summed E-state index contributed by atoms with van der Waals surface area (Å²) in [5.74, 6) is 0. The molecule has 1 heterocycles. The van der Waals surface area contributed by atoms with Crippen molar-refractivity contribution in [3.05, 3.63) is 24.3 Å². The fourth-order valence-electron chi connectivity index (χ4n) is 2.54. The zero-order valence-corrected chi connectivity index (χ0v) is 13.2. The average Bonchev–Trinajstić information content (AvgIpc) is 2.47. The van der Waals surface area contributed by atoms with E-state index in [0.29, 0.717) is 10.9 Å². The molecule has 0 unspecified atom stereocenters. The fraction of sp³-hybridized carbons (Fsp3) is 0.571. The summed E-state index contributed by atoms with van der Waals surface area (Å²) in [5.41, 5.74) is 0.816. The number of nitrogens with one attached hydrogen (secondary N) is 1. The monoisotopic (exact) mass is 297 g/mol. The van der Waals surface area contributed by atoms with Crippen molar-refractivity contribution in [3.63, 3.8) is 0 Å². The Kier molecular flexibility index (Phi) is 4.67. The first-order valence-electron chi connectivity index (χ1n) is 6.90. The quantitative estimate of drug-likeness (QED) is 0.905. The van der Waals surface area contributed by atoms with Crippen LogP contribution in [0.25, 0.3) is 0 Å². The molecule has 2 rings (SSSR count). The van der Waals surface area contributed by atoms with E-state index in [1.165, 1.54) is 4.31 Å². The standard InChI is InChI=1S/C14H23N3O2S/c1-15-12-8-10-17(11-9-12)13-6-4-5-7-14(13)20(18,19)16(2)3/h4-7,12,15H,8-11H2,1-3H3. The summed E-state index contributed by atoms with van der Waals surface area (Å²) in [5, 5.41) is 3.29. The number of nitrogens with zero attached hydrogens (tertiary/aromatic N) is 2. The van der Waals surface area contributed by atoms with Gasteiger partial charge in [0.1, 0.15) is 4.90 Å². The maximum absolute atomic E-state index is 12.4. The van der Waals surface area contributed by atoms with Gasteiger partial charge in [0.15, 0.2) is 0 Å². The predicted octanol–water partition coefficient (Wildman–Crippen LogP) is 1.13. The Balaban J connectivity index is 2.30. The highest BCUT2D eigenvalue weighted by atomic mass is 32.2. The molecule has 0 amide bonds. The third kappa shape index (κ3) is 2.97. The summed E-state index contributed by atoms with van der Waals surface area (Å²) in [4.78, 5) is 2.57. The van der Waals surface area contributed by atoms with Gasteiger partial charge < -0.3 is 10.2 Å². The van der Waals surface area contributed by atoms with Crippen molar-refractivity contribution >= 4 is 15.7 Å². The van der Waals surface area contributed by atoms with Crippen LogP contribution in [0.3, 0.4) is 0 Å². The van der Waals surface area contributed by atoms with E-state index in [9.17, 15) is 8.42 Å². The van der Waals surface area contributed by atoms with Gasteiger partial charge in [-0.3, -0.25) is 0 Å². The van der Waals surface area contributed by atoms with Gasteiger partial charge in [-0.15, -0.1) is 0 Å². The third-order valence-electron chi connectivity index (χ3n) is 3.87. The van der Waals surface area contributed by atoms with Gasteiger partial charge in [0.25, 0.3) is 0 Å². The second-order valence-electron chi connectivity index (χ2n) is 5.31. The average molecular weight is 297 g/mol. The summed E-state index contributed by atoms with van der Waals surface area (Å²) in [7, 11) is 1.71. The third-order valence-corrected chi connectivity index (χ3v) is 5.73. The van der Waals surface area contributed by atoms with Crippen LogP contribution in [0.2, 0.25) is 0 Å². The molecule has 1 aromatic carbocycles. The van der Waals surface area contributed by atoms with E-state index in [-0.39, 0.29) is 0 Å². The molecule has 6 heteroatoms. The smallest absolute Gasteiger partial charge is 0.244 e. The molecule has 1 aliphatic rings. The van der Waals surface area contributed by atoms with Crippen LogP contribution in [0.1, 0.15) is 12.8 Å². The van der Waals surface area contributed by atoms with Crippen LogP contribution in [-0.2, 0) is 10.0 Å². The van der Waals surface area contributed by atoms with E-state index in [2.05, 4.69) is 10.2 Å². The van der Waals surface area contributed by atoms with Gasteiger partial charge >= 0.3 is 0 Å². The summed E-state index contributed by atoms with van der Waals surface area (Å²) < 4.78 is 26.1. The number of hydrogen-bond donors (Lipinski definition) is 1. The van der Waals surface area contributed by atoms with Crippen molar-refractivity contribution in [3.8, 4) is 0 Å². The molecule has 5 nitrogen and oxygen atoms in total. The van der Waals surface area contributed by atoms with Gasteiger partial charge in [-0.05, 0) is 32.0 Å². The van der Waals surface area contributed by atoms with Crippen molar-refractivity contribution < 1.29 is 8.42 Å². The lowest BCUT2D eigenvalue weighted by Gasteiger charge is -2.34. The Morgan fingerprint density at radius 2 is 1.80 bits per heavy atom. The molecule has 0 aliphatic carbocycles. The summed E-state index contributed by atoms with van der Waals surface area (Å²) in [6.07, 6.45) is 2.07. The van der Waals surface area contributed by atoms with Gasteiger partial charge in [0, 0.05) is 33.2 Å². The normalized spacial score (nSPS) is 17.7. The van der Waals surface area contributed by atoms with Crippen molar-refractivity contribution in [1.82, 2.24) is 9.62 Å². The number of piperidine rings is 1. The highest BCUT2D eigenvalue weighted by Crippen LogP contribution is 2.29. The second-order valence-corrected chi connectivity index (χ2v) is 7.43. The molecule has 0 radical (unpaired) electrons. The van der Waals surface area contributed by atoms with Crippen LogP contribution in [-0.4, -0.2) is 53.0 Å². The number of hydrogen-bond acceptors (Lipinski definition) is 4. The highest BCUT2D eigenvalue weighted by Gasteiger charge is 2.26. The topological polar surface area (TPSA) is 52.7 Å². The van der Waals surface area contributed by atoms with Crippen LogP contribution in [0.4, 0.5) is 5.69 Å². The molecule has 112 valence electrons. The van der Waals surface area contributed by atoms with Crippen molar-refractivity contribution in [2.45, 2.75) is 23.8 Å². The molecule has 1 aliphatic heterocycles. The Morgan fingerprint density at radius 3 is 2.35 bits per heavy atom. The van der Waals surface area contributed by atoms with E-state index >= 15 is 0 Å². The fourth-order valence-corrected chi connectivity index (χ4v) is 3.65. The Bertz CT molecular complexity index is 549. The lowest BCUT2D eigenvalue weighted by atomic mass is 10.0. The first-order chi connectivity index (χ1) is 9.46. The molecule has 20 heavy (non-hydrogen) atoms. The number of rotatable bonds is 4. The van der Waals surface area contributed by atoms with Crippen LogP contribution >= 0.6 is 0 Å². The largest absolute Gasteiger partial charge is 0.370 e. The Morgan fingerprint density at radius 1 is 1.20 bits per heavy atom. The first kappa shape index (κ1) is 15.3. The molecule has 0 aromatic heterocycles. The molecule has 0 spiro atoms. The molecule has 1 aromatic rings. The first-order valence-corrected chi connectivity index (χ1v) is 8.34. The number of sulfonamides is 1. The van der Waals surface area contributed by atoms with E-state index in [4.69, 9.17) is 0 Å². The van der Waals surface area contributed by atoms with Gasteiger partial charge in [-0.1, -0.05) is 12.1 Å². The van der Waals surface area contributed by atoms with Gasteiger partial charge in [-0.25, -0.2) is 12.7 Å². The van der Waals surface area contributed by atoms with Gasteiger partial charge in [0.05, 0.1) is 5.69 Å². The number of benzene rings is 1. The van der Waals surface area contributed by atoms with E-state index in [0.717, 1.165) is 31.6 Å². The number of anilines is 1. The van der Waals surface area contributed by atoms with Crippen molar-refractivity contribution in [2.75, 3.05) is 39.1 Å². The predicted molar refractivity (Wildman–Crippen MR) is 81.6 cm³/mol. The Hall–Kier alpha value is -1.11. The zero-order valence-electron chi connectivity index (χ0n) is 12.3. The zero-order chi connectivity index (χ0) is 14.8. The Labute approximate surface area is 121 Å². The molecular formula is C14H23N3O2S. The minimum Gasteiger partial charge on any atom is -0.370 e. The summed E-state index contributed by atoms with van der Waals surface area (Å²) >= 11 is 0. The van der Waals surface area contributed by atoms with Gasteiger partial charge in [0.2, 0.25) is 10.0 Å². The lowest BCUT2D eigenvalue weighted by molar-refractivity contribution is 0.441. The minimum atomic E-state index is -3.40. The maximum Gasteiger partial charge on any atom is 0.244 e. The van der Waals surface area contributed by atoms with E-state index < -0.39 is 10.0 Å². The maximum atomic E-state index is 12.4. The van der Waals surface area contributed by atoms with Crippen LogP contribution in [0, 0.1) is 0 Å². The summed E-state index contributed by atoms with van der Waals surface area (Å²) in [6, 6.07) is 7.79. The lowest BCUT2D eigenvalue weighted by Crippen LogP contribution is -2.41. The highest BCUT2D eigenvalue weighted by molar-refractivity contribution is 7.89. The molecular weight excluding hydrogens is 274 g/mol. The van der Waals surface area contributed by atoms with Crippen LogP contribution < -0.4 is 10.2 Å². The van der Waals surface area contributed by atoms with Crippen molar-refractivity contribution in [1.29, 1.82) is 0 Å². The SMILES string of the molecule is CNC1CCN(c2ccccc2S(=O)(=O)N(C)C)CC1. The molecule has 0 bridgehead atoms. The van der Waals surface area contributed by atoms with Gasteiger partial charge in [-0.2, -0.15) is 0 Å². The molecule has 0 atom stereocenters. The second kappa shape index (κ2) is 6.11. The minimum absolute atomic E-state index is 0.396. The van der Waals surface area contributed by atoms with Crippen LogP contribution in [0.5, 0.6) is 0 Å². The van der Waals surface area contributed by atoms with E-state index in [1.807, 2.05) is 19.2 Å². The molecule has 0 saturated carbocycles. The summed E-state index contributed by atoms with van der Waals surface area (Å²) in [6.45, 7) is 1.76. The van der Waals surface area contributed by atoms with E-state index in [1.54, 1.807) is 26.2 Å². The number of para-hydroxylation sites is 1. The molecule has 1 fully saturated rings. The molecule has 1 saturated heterocycles. The van der Waals surface area contributed by atoms with Crippen LogP contribution in [0.15, 0.2) is 29.2 Å². The van der Waals surface area contributed by atoms with Crippen molar-refractivity contribution in [2.24, 2.45) is 0 Å². The molecule has 1 N–H and O–H groups in total.